The number of carbonyl (C=O) groups excluding carboxylic acids is 3. The summed E-state index contributed by atoms with van der Waals surface area (Å²) < 4.78 is 5.95. The molecule has 0 unspecified atom stereocenters. The summed E-state index contributed by atoms with van der Waals surface area (Å²) in [6.45, 7) is 6.92. The van der Waals surface area contributed by atoms with Gasteiger partial charge in [-0.25, -0.2) is 4.79 Å². The Bertz CT molecular complexity index is 1520. The van der Waals surface area contributed by atoms with E-state index in [-0.39, 0.29) is 17.6 Å². The predicted molar refractivity (Wildman–Crippen MR) is 156 cm³/mol. The molecular weight excluding hydrogens is 526 g/mol. The molecule has 0 atom stereocenters. The number of piperidine rings is 1. The van der Waals surface area contributed by atoms with Gasteiger partial charge in [0, 0.05) is 12.1 Å². The minimum absolute atomic E-state index is 0.181. The molecule has 0 aliphatic carbocycles. The molecule has 5 rings (SSSR count). The Kier molecular flexibility index (Phi) is 7.99. The third-order valence-electron chi connectivity index (χ3n) is 7.16. The van der Waals surface area contributed by atoms with Gasteiger partial charge in [0.25, 0.3) is 11.8 Å². The second-order valence-electron chi connectivity index (χ2n) is 10.5. The molecule has 0 radical (unpaired) electrons. The molecule has 2 aromatic carbocycles. The molecule has 0 bridgehead atoms. The maximum Gasteiger partial charge on any atom is 0.435 e. The monoisotopic (exact) mass is 559 g/mol. The van der Waals surface area contributed by atoms with E-state index in [9.17, 15) is 14.4 Å². The Balaban J connectivity index is 1.36. The van der Waals surface area contributed by atoms with Crippen LogP contribution in [0.15, 0.2) is 60.7 Å². The normalized spacial score (nSPS) is 14.2. The number of carbonyl (C=O) groups is 3. The van der Waals surface area contributed by atoms with Crippen LogP contribution in [-0.2, 0) is 16.8 Å². The van der Waals surface area contributed by atoms with Crippen LogP contribution >= 0.6 is 11.3 Å². The molecule has 1 aliphatic rings. The van der Waals surface area contributed by atoms with Crippen molar-refractivity contribution in [3.05, 3.63) is 82.2 Å². The highest BCUT2D eigenvalue weighted by Crippen LogP contribution is 2.33. The summed E-state index contributed by atoms with van der Waals surface area (Å²) in [5.41, 5.74) is 1.96. The fraction of sp³-hybridized carbons (Fsp3) is 0.333. The standard InChI is InChI=1S/C30H33N5O4S/c1-30(2,22-10-6-4-7-11-22)32-27(37)24-18-23-25(33-35(28(23)40-24)29(38)39-3)31-26(36)21-14-12-20(13-15-21)19-34-16-8-5-9-17-34/h4,6-7,10-15,18H,5,8-9,16-17,19H2,1-3H3,(H,32,37)(H,31,33,36). The van der Waals surface area contributed by atoms with Crippen LogP contribution in [0.25, 0.3) is 10.2 Å². The lowest BCUT2D eigenvalue weighted by Gasteiger charge is -2.26. The molecule has 2 N–H and O–H groups in total. The Morgan fingerprint density at radius 3 is 2.35 bits per heavy atom. The van der Waals surface area contributed by atoms with Crippen LogP contribution in [0, 0.1) is 0 Å². The van der Waals surface area contributed by atoms with Crippen LogP contribution in [0.3, 0.4) is 0 Å². The van der Waals surface area contributed by atoms with Crippen molar-refractivity contribution in [1.29, 1.82) is 0 Å². The highest BCUT2D eigenvalue weighted by molar-refractivity contribution is 7.20. The number of likely N-dealkylation sites (tertiary alicyclic amines) is 1. The van der Waals surface area contributed by atoms with Gasteiger partial charge in [-0.1, -0.05) is 48.9 Å². The number of nitrogens with zero attached hydrogens (tertiary/aromatic N) is 3. The zero-order valence-electron chi connectivity index (χ0n) is 22.9. The van der Waals surface area contributed by atoms with Crippen LogP contribution in [0.5, 0.6) is 0 Å². The fourth-order valence-electron chi connectivity index (χ4n) is 4.91. The van der Waals surface area contributed by atoms with Gasteiger partial charge in [-0.3, -0.25) is 14.5 Å². The third kappa shape index (κ3) is 5.93. The van der Waals surface area contributed by atoms with Crippen molar-refractivity contribution in [3.8, 4) is 0 Å². The molecule has 40 heavy (non-hydrogen) atoms. The lowest BCUT2D eigenvalue weighted by molar-refractivity contribution is 0.0915. The lowest BCUT2D eigenvalue weighted by Crippen LogP contribution is -2.40. The Morgan fingerprint density at radius 2 is 1.68 bits per heavy atom. The number of fused-ring (bicyclic) bond motifs is 1. The van der Waals surface area contributed by atoms with Crippen LogP contribution in [0.2, 0.25) is 0 Å². The number of anilines is 1. The third-order valence-corrected chi connectivity index (χ3v) is 8.27. The van der Waals surface area contributed by atoms with Crippen molar-refractivity contribution in [2.75, 3.05) is 25.5 Å². The molecule has 1 aliphatic heterocycles. The van der Waals surface area contributed by atoms with E-state index in [0.717, 1.165) is 46.8 Å². The molecule has 4 aromatic rings. The number of thiophene rings is 1. The first-order valence-corrected chi connectivity index (χ1v) is 14.2. The molecule has 2 amide bonds. The molecule has 1 fully saturated rings. The summed E-state index contributed by atoms with van der Waals surface area (Å²) in [5, 5.41) is 10.6. The number of hydrogen-bond acceptors (Lipinski definition) is 7. The van der Waals surface area contributed by atoms with Gasteiger partial charge < -0.3 is 15.4 Å². The minimum atomic E-state index is -0.717. The van der Waals surface area contributed by atoms with Gasteiger partial charge in [-0.15, -0.1) is 16.4 Å². The second-order valence-corrected chi connectivity index (χ2v) is 11.5. The summed E-state index contributed by atoms with van der Waals surface area (Å²) in [7, 11) is 1.25. The van der Waals surface area contributed by atoms with Crippen LogP contribution in [-0.4, -0.2) is 52.8 Å². The van der Waals surface area contributed by atoms with Crippen molar-refractivity contribution in [1.82, 2.24) is 20.0 Å². The number of ether oxygens (including phenoxy) is 1. The SMILES string of the molecule is COC(=O)n1nc(NC(=O)c2ccc(CN3CCCCC3)cc2)c2cc(C(=O)NC(C)(C)c3ccccc3)sc21. The van der Waals surface area contributed by atoms with E-state index in [4.69, 9.17) is 4.74 Å². The molecule has 3 heterocycles. The number of hydrogen-bond donors (Lipinski definition) is 2. The zero-order chi connectivity index (χ0) is 28.3. The highest BCUT2D eigenvalue weighted by atomic mass is 32.1. The Morgan fingerprint density at radius 1 is 0.975 bits per heavy atom. The smallest absolute Gasteiger partial charge is 0.435 e. The van der Waals surface area contributed by atoms with Crippen molar-refractivity contribution in [3.63, 3.8) is 0 Å². The fourth-order valence-corrected chi connectivity index (χ4v) is 5.91. The number of amides is 2. The molecule has 0 spiro atoms. The topological polar surface area (TPSA) is 106 Å². The van der Waals surface area contributed by atoms with E-state index < -0.39 is 11.6 Å². The van der Waals surface area contributed by atoms with Crippen LogP contribution < -0.4 is 10.6 Å². The van der Waals surface area contributed by atoms with Gasteiger partial charge in [0.2, 0.25) is 0 Å². The van der Waals surface area contributed by atoms with E-state index in [1.807, 2.05) is 56.3 Å². The molecule has 0 saturated carbocycles. The van der Waals surface area contributed by atoms with Crippen LogP contribution in [0.1, 0.15) is 64.3 Å². The first kappa shape index (κ1) is 27.5. The number of aromatic nitrogens is 2. The van der Waals surface area contributed by atoms with E-state index in [1.165, 1.54) is 26.4 Å². The highest BCUT2D eigenvalue weighted by Gasteiger charge is 2.27. The van der Waals surface area contributed by atoms with Gasteiger partial charge in [0.1, 0.15) is 4.83 Å². The summed E-state index contributed by atoms with van der Waals surface area (Å²) in [5.74, 6) is -0.475. The maximum absolute atomic E-state index is 13.2. The van der Waals surface area contributed by atoms with Gasteiger partial charge in [-0.2, -0.15) is 4.68 Å². The number of rotatable bonds is 7. The number of methoxy groups -OCH3 is 1. The van der Waals surface area contributed by atoms with Crippen molar-refractivity contribution in [2.24, 2.45) is 0 Å². The lowest BCUT2D eigenvalue weighted by atomic mass is 9.94. The first-order chi connectivity index (χ1) is 19.2. The summed E-state index contributed by atoms with van der Waals surface area (Å²) in [6, 6.07) is 18.8. The second kappa shape index (κ2) is 11.6. The largest absolute Gasteiger partial charge is 0.451 e. The summed E-state index contributed by atoms with van der Waals surface area (Å²) >= 11 is 1.11. The number of benzene rings is 2. The zero-order valence-corrected chi connectivity index (χ0v) is 23.7. The maximum atomic E-state index is 13.2. The average molecular weight is 560 g/mol. The average Bonchev–Trinajstić information content (AvgIpc) is 3.54. The molecule has 9 nitrogen and oxygen atoms in total. The van der Waals surface area contributed by atoms with Gasteiger partial charge in [-0.05, 0) is 69.1 Å². The Hall–Kier alpha value is -4.02. The van der Waals surface area contributed by atoms with Crippen molar-refractivity contribution >= 4 is 45.3 Å². The Labute approximate surface area is 237 Å². The van der Waals surface area contributed by atoms with E-state index in [0.29, 0.717) is 20.7 Å². The van der Waals surface area contributed by atoms with Gasteiger partial charge in [0.15, 0.2) is 5.82 Å². The predicted octanol–water partition coefficient (Wildman–Crippen LogP) is 5.62. The van der Waals surface area contributed by atoms with Gasteiger partial charge in [0.05, 0.1) is 22.9 Å². The molecule has 1 saturated heterocycles. The van der Waals surface area contributed by atoms with E-state index in [1.54, 1.807) is 18.2 Å². The quantitative estimate of drug-likeness (QED) is 0.305. The number of nitrogens with one attached hydrogen (secondary N) is 2. The van der Waals surface area contributed by atoms with Crippen molar-refractivity contribution < 1.29 is 19.1 Å². The summed E-state index contributed by atoms with van der Waals surface area (Å²) in [4.78, 5) is 42.0. The molecular formula is C30H33N5O4S. The first-order valence-electron chi connectivity index (χ1n) is 13.4. The molecule has 2 aromatic heterocycles. The van der Waals surface area contributed by atoms with E-state index in [2.05, 4.69) is 20.6 Å². The summed E-state index contributed by atoms with van der Waals surface area (Å²) in [6.07, 6.45) is 3.02. The van der Waals surface area contributed by atoms with Gasteiger partial charge >= 0.3 is 6.09 Å². The van der Waals surface area contributed by atoms with E-state index >= 15 is 0 Å². The van der Waals surface area contributed by atoms with Crippen LogP contribution in [0.4, 0.5) is 10.6 Å². The molecule has 10 heteroatoms. The van der Waals surface area contributed by atoms with Crippen molar-refractivity contribution in [2.45, 2.75) is 45.2 Å². The minimum Gasteiger partial charge on any atom is -0.451 e. The molecule has 208 valence electrons.